The second-order valence-electron chi connectivity index (χ2n) is 4.29. The summed E-state index contributed by atoms with van der Waals surface area (Å²) in [5, 5.41) is 2.51. The molecule has 0 saturated carbocycles. The number of amides is 1. The van der Waals surface area contributed by atoms with Crippen molar-refractivity contribution < 1.29 is 13.6 Å². The van der Waals surface area contributed by atoms with Crippen LogP contribution >= 0.6 is 0 Å². The van der Waals surface area contributed by atoms with Crippen LogP contribution in [0, 0.1) is 11.6 Å². The van der Waals surface area contributed by atoms with Crippen molar-refractivity contribution in [2.24, 2.45) is 7.05 Å². The lowest BCUT2D eigenvalue weighted by Crippen LogP contribution is -2.25. The molecule has 0 aliphatic heterocycles. The number of carbonyl (C=O) groups excluding carboxylic acids is 1. The van der Waals surface area contributed by atoms with Crippen LogP contribution in [-0.2, 0) is 13.6 Å². The molecule has 0 atom stereocenters. The maximum absolute atomic E-state index is 13.4. The molecule has 1 amide bonds. The van der Waals surface area contributed by atoms with Crippen molar-refractivity contribution in [3.8, 4) is 0 Å². The van der Waals surface area contributed by atoms with Crippen LogP contribution in [-0.4, -0.2) is 10.5 Å². The summed E-state index contributed by atoms with van der Waals surface area (Å²) in [6.07, 6.45) is 1.39. The Balaban J connectivity index is 2.08. The van der Waals surface area contributed by atoms with Crippen LogP contribution in [0.3, 0.4) is 0 Å². The summed E-state index contributed by atoms with van der Waals surface area (Å²) >= 11 is 0. The van der Waals surface area contributed by atoms with Gasteiger partial charge in [-0.3, -0.25) is 9.59 Å². The minimum absolute atomic E-state index is 0.0617. The zero-order chi connectivity index (χ0) is 14.7. The predicted molar refractivity (Wildman–Crippen MR) is 69.2 cm³/mol. The molecule has 0 unspecified atom stereocenters. The minimum atomic E-state index is -0.717. The molecule has 0 radical (unpaired) electrons. The van der Waals surface area contributed by atoms with E-state index in [2.05, 4.69) is 5.32 Å². The molecule has 1 aromatic carbocycles. The number of carbonyl (C=O) groups is 1. The van der Waals surface area contributed by atoms with Gasteiger partial charge in [0.05, 0.1) is 5.56 Å². The van der Waals surface area contributed by atoms with Crippen molar-refractivity contribution in [1.29, 1.82) is 0 Å². The molecule has 20 heavy (non-hydrogen) atoms. The molecule has 0 aliphatic rings. The maximum Gasteiger partial charge on any atom is 0.253 e. The first-order valence-corrected chi connectivity index (χ1v) is 5.86. The van der Waals surface area contributed by atoms with E-state index in [9.17, 15) is 18.4 Å². The van der Waals surface area contributed by atoms with Crippen molar-refractivity contribution in [3.63, 3.8) is 0 Å². The lowest BCUT2D eigenvalue weighted by Gasteiger charge is -2.07. The topological polar surface area (TPSA) is 51.1 Å². The Morgan fingerprint density at radius 2 is 2.00 bits per heavy atom. The first-order chi connectivity index (χ1) is 9.47. The number of rotatable bonds is 3. The van der Waals surface area contributed by atoms with Gasteiger partial charge in [-0.15, -0.1) is 0 Å². The van der Waals surface area contributed by atoms with Crippen molar-refractivity contribution in [1.82, 2.24) is 9.88 Å². The van der Waals surface area contributed by atoms with E-state index in [0.717, 1.165) is 12.1 Å². The van der Waals surface area contributed by atoms with Gasteiger partial charge >= 0.3 is 0 Å². The van der Waals surface area contributed by atoms with Gasteiger partial charge in [0, 0.05) is 37.5 Å². The summed E-state index contributed by atoms with van der Waals surface area (Å²) < 4.78 is 27.4. The van der Waals surface area contributed by atoms with Gasteiger partial charge in [-0.25, -0.2) is 8.78 Å². The van der Waals surface area contributed by atoms with E-state index in [-0.39, 0.29) is 23.2 Å². The molecule has 104 valence electrons. The van der Waals surface area contributed by atoms with E-state index in [1.807, 2.05) is 0 Å². The molecular formula is C14H12F2N2O2. The van der Waals surface area contributed by atoms with Gasteiger partial charge < -0.3 is 9.88 Å². The summed E-state index contributed by atoms with van der Waals surface area (Å²) in [5.74, 6) is -1.83. The molecule has 2 rings (SSSR count). The fraction of sp³-hybridized carbons (Fsp3) is 0.143. The monoisotopic (exact) mass is 278 g/mol. The van der Waals surface area contributed by atoms with Gasteiger partial charge in [0.15, 0.2) is 0 Å². The van der Waals surface area contributed by atoms with Gasteiger partial charge in [0.2, 0.25) is 5.56 Å². The molecule has 1 N–H and O–H groups in total. The first kappa shape index (κ1) is 13.9. The fourth-order valence-electron chi connectivity index (χ4n) is 1.67. The van der Waals surface area contributed by atoms with Crippen LogP contribution in [0.15, 0.2) is 41.3 Å². The lowest BCUT2D eigenvalue weighted by molar-refractivity contribution is 0.0950. The Labute approximate surface area is 113 Å². The molecule has 4 nitrogen and oxygen atoms in total. The third-order valence-electron chi connectivity index (χ3n) is 2.80. The standard InChI is InChI=1S/C14H12F2N2O2/c1-18-8-10(3-5-13(18)19)14(20)17-7-9-2-4-11(15)6-12(9)16/h2-6,8H,7H2,1H3,(H,17,20). The van der Waals surface area contributed by atoms with Crippen LogP contribution in [0.25, 0.3) is 0 Å². The molecule has 0 bridgehead atoms. The zero-order valence-corrected chi connectivity index (χ0v) is 10.7. The number of pyridine rings is 1. The maximum atomic E-state index is 13.4. The summed E-state index contributed by atoms with van der Waals surface area (Å²) in [4.78, 5) is 23.0. The average Bonchev–Trinajstić information content (AvgIpc) is 2.40. The smallest absolute Gasteiger partial charge is 0.253 e. The van der Waals surface area contributed by atoms with Crippen molar-refractivity contribution >= 4 is 5.91 Å². The Hall–Kier alpha value is -2.50. The van der Waals surface area contributed by atoms with Crippen LogP contribution in [0.1, 0.15) is 15.9 Å². The van der Waals surface area contributed by atoms with Crippen LogP contribution < -0.4 is 10.9 Å². The molecule has 6 heteroatoms. The molecule has 1 heterocycles. The van der Waals surface area contributed by atoms with Crippen LogP contribution in [0.5, 0.6) is 0 Å². The Morgan fingerprint density at radius 1 is 1.25 bits per heavy atom. The van der Waals surface area contributed by atoms with E-state index < -0.39 is 17.5 Å². The summed E-state index contributed by atoms with van der Waals surface area (Å²) in [5.41, 5.74) is 0.241. The van der Waals surface area contributed by atoms with Crippen molar-refractivity contribution in [3.05, 3.63) is 69.6 Å². The number of nitrogens with one attached hydrogen (secondary N) is 1. The summed E-state index contributed by atoms with van der Waals surface area (Å²) in [6.45, 7) is -0.0617. The average molecular weight is 278 g/mol. The third kappa shape index (κ3) is 3.09. The Kier molecular flexibility index (Phi) is 3.93. The number of hydrogen-bond donors (Lipinski definition) is 1. The van der Waals surface area contributed by atoms with Crippen LogP contribution in [0.4, 0.5) is 8.78 Å². The number of nitrogens with zero attached hydrogens (tertiary/aromatic N) is 1. The van der Waals surface area contributed by atoms with Crippen molar-refractivity contribution in [2.45, 2.75) is 6.54 Å². The molecular weight excluding hydrogens is 266 g/mol. The number of aryl methyl sites for hydroxylation is 1. The molecule has 0 aliphatic carbocycles. The Bertz CT molecular complexity index is 711. The fourth-order valence-corrected chi connectivity index (χ4v) is 1.67. The van der Waals surface area contributed by atoms with Gasteiger partial charge in [0.25, 0.3) is 5.91 Å². The molecule has 0 spiro atoms. The van der Waals surface area contributed by atoms with E-state index in [1.165, 1.54) is 36.0 Å². The van der Waals surface area contributed by atoms with Gasteiger partial charge in [-0.1, -0.05) is 6.07 Å². The zero-order valence-electron chi connectivity index (χ0n) is 10.7. The van der Waals surface area contributed by atoms with Crippen LogP contribution in [0.2, 0.25) is 0 Å². The number of hydrogen-bond acceptors (Lipinski definition) is 2. The predicted octanol–water partition coefficient (Wildman–Crippen LogP) is 1.59. The SMILES string of the molecule is Cn1cc(C(=O)NCc2ccc(F)cc2F)ccc1=O. The molecule has 0 fully saturated rings. The highest BCUT2D eigenvalue weighted by atomic mass is 19.1. The number of aromatic nitrogens is 1. The Morgan fingerprint density at radius 3 is 2.65 bits per heavy atom. The van der Waals surface area contributed by atoms with E-state index in [4.69, 9.17) is 0 Å². The quantitative estimate of drug-likeness (QED) is 0.927. The summed E-state index contributed by atoms with van der Waals surface area (Å²) in [6, 6.07) is 5.81. The second-order valence-corrected chi connectivity index (χ2v) is 4.29. The molecule has 0 saturated heterocycles. The van der Waals surface area contributed by atoms with Gasteiger partial charge in [-0.2, -0.15) is 0 Å². The largest absolute Gasteiger partial charge is 0.348 e. The lowest BCUT2D eigenvalue weighted by atomic mass is 10.2. The van der Waals surface area contributed by atoms with Crippen molar-refractivity contribution in [2.75, 3.05) is 0 Å². The molecule has 1 aromatic heterocycles. The number of benzene rings is 1. The highest BCUT2D eigenvalue weighted by Crippen LogP contribution is 2.09. The molecule has 2 aromatic rings. The minimum Gasteiger partial charge on any atom is -0.348 e. The van der Waals surface area contributed by atoms with Gasteiger partial charge in [-0.05, 0) is 12.1 Å². The second kappa shape index (κ2) is 5.64. The highest BCUT2D eigenvalue weighted by molar-refractivity contribution is 5.93. The van der Waals surface area contributed by atoms with E-state index in [1.54, 1.807) is 0 Å². The number of halogens is 2. The highest BCUT2D eigenvalue weighted by Gasteiger charge is 2.08. The van der Waals surface area contributed by atoms with Gasteiger partial charge in [0.1, 0.15) is 11.6 Å². The normalized spacial score (nSPS) is 10.3. The first-order valence-electron chi connectivity index (χ1n) is 5.86. The van der Waals surface area contributed by atoms with E-state index in [0.29, 0.717) is 0 Å². The summed E-state index contributed by atoms with van der Waals surface area (Å²) in [7, 11) is 1.53. The van der Waals surface area contributed by atoms with E-state index >= 15 is 0 Å². The third-order valence-corrected chi connectivity index (χ3v) is 2.80.